The van der Waals surface area contributed by atoms with Gasteiger partial charge in [-0.15, -0.1) is 0 Å². The molecule has 0 bridgehead atoms. The maximum absolute atomic E-state index is 14.0. The van der Waals surface area contributed by atoms with Crippen molar-refractivity contribution in [3.05, 3.63) is 0 Å². The number of β-amino-alcohol motifs (C(OH)–C–C–N with tert-alkyl or cyclic N) is 1. The van der Waals surface area contributed by atoms with E-state index in [0.29, 0.717) is 90.1 Å². The van der Waals surface area contributed by atoms with E-state index in [1.54, 1.807) is 4.90 Å². The van der Waals surface area contributed by atoms with E-state index in [1.807, 2.05) is 0 Å². The molecule has 2 saturated carbocycles. The first-order valence-electron chi connectivity index (χ1n) is 42.4. The molecule has 2 saturated heterocycles. The lowest BCUT2D eigenvalue weighted by molar-refractivity contribution is -0.270. The molecule has 16 atom stereocenters. The number of nitrogens with one attached hydrogen (secondary N) is 10. The molecule has 16 unspecified atom stereocenters. The van der Waals surface area contributed by atoms with Crippen LogP contribution in [-0.2, 0) is 85.9 Å². The summed E-state index contributed by atoms with van der Waals surface area (Å²) >= 11 is 0. The first-order chi connectivity index (χ1) is 56.6. The van der Waals surface area contributed by atoms with E-state index in [2.05, 4.69) is 53.2 Å². The van der Waals surface area contributed by atoms with Crippen molar-refractivity contribution in [2.24, 2.45) is 11.8 Å². The fourth-order valence-electron chi connectivity index (χ4n) is 14.4. The molecule has 4 fully saturated rings. The highest BCUT2D eigenvalue weighted by atomic mass is 16.7. The van der Waals surface area contributed by atoms with Crippen LogP contribution in [0.15, 0.2) is 0 Å². The van der Waals surface area contributed by atoms with Gasteiger partial charge in [0.2, 0.25) is 65.0 Å². The number of unbranched alkanes of at least 4 members (excludes halogenated alkanes) is 10. The van der Waals surface area contributed by atoms with Gasteiger partial charge in [0.15, 0.2) is 6.29 Å². The van der Waals surface area contributed by atoms with Crippen molar-refractivity contribution in [2.45, 2.75) is 292 Å². The number of rotatable bonds is 63. The van der Waals surface area contributed by atoms with Crippen molar-refractivity contribution in [2.75, 3.05) is 132 Å². The molecule has 0 aromatic heterocycles. The Morgan fingerprint density at radius 3 is 1.08 bits per heavy atom. The maximum atomic E-state index is 14.0. The summed E-state index contributed by atoms with van der Waals surface area (Å²) in [6.45, 7) is 4.32. The molecule has 4 rings (SSSR count). The average molecular weight is 1690 g/mol. The monoisotopic (exact) mass is 1690 g/mol. The minimum Gasteiger partial charge on any atom is -0.396 e. The highest BCUT2D eigenvalue weighted by Crippen LogP contribution is 2.30. The van der Waals surface area contributed by atoms with Crippen molar-refractivity contribution in [3.63, 3.8) is 0 Å². The zero-order valence-electron chi connectivity index (χ0n) is 69.4. The Bertz CT molecular complexity index is 2690. The zero-order valence-corrected chi connectivity index (χ0v) is 69.4. The molecule has 2 aliphatic carbocycles. The molecule has 0 aromatic carbocycles. The highest BCUT2D eigenvalue weighted by molar-refractivity contribution is 5.79. The fraction of sp³-hybridized carbons (Fsp3) is 0.861. The predicted molar refractivity (Wildman–Crippen MR) is 424 cm³/mol. The molecule has 0 spiro atoms. The van der Waals surface area contributed by atoms with Gasteiger partial charge in [0.1, 0.15) is 42.1 Å². The van der Waals surface area contributed by atoms with Crippen molar-refractivity contribution in [3.8, 4) is 0 Å². The number of carbonyl (C=O) groups is 11. The normalized spacial score (nSPS) is 24.8. The second-order valence-electron chi connectivity index (χ2n) is 31.3. The van der Waals surface area contributed by atoms with Crippen LogP contribution in [0.2, 0.25) is 0 Å². The van der Waals surface area contributed by atoms with E-state index in [1.165, 1.54) is 20.8 Å². The number of carbonyl (C=O) groups excluding carboxylic acids is 11. The number of hydrogen-bond acceptors (Lipinski definition) is 28. The first-order valence-corrected chi connectivity index (χ1v) is 42.4. The summed E-state index contributed by atoms with van der Waals surface area (Å²) in [6, 6.07) is -2.84. The topological polar surface area (TPSA) is 578 Å². The van der Waals surface area contributed by atoms with Crippen LogP contribution in [0, 0.1) is 11.8 Å². The quantitative estimate of drug-likeness (QED) is 0.0259. The number of likely N-dealkylation sites (tertiary alicyclic amines) is 1. The SMILES string of the molecule is CC(=O)NC1C(OCCCCC(=O)NCCCNC(=O)CCOCC(COCCC(=O)NCCCNC(=O)CCCCOC2CC(CO)C(O)C(O)C2NC(C)=O)(COCCC(=O)NCCCNC(=O)CCCCOC2OC(CO)C(O)C(O)C2NC(C)=O)NC(=O)CCCCCCCCCCC(=O)N2CCC(O)C2)CC(CO)C(O)C1O. The largest absolute Gasteiger partial charge is 0.396 e. The fourth-order valence-corrected chi connectivity index (χ4v) is 14.4. The van der Waals surface area contributed by atoms with E-state index < -0.39 is 127 Å². The Kier molecular flexibility index (Phi) is 52.9. The lowest BCUT2D eigenvalue weighted by atomic mass is 9.79. The Hall–Kier alpha value is -6.51. The van der Waals surface area contributed by atoms with E-state index >= 15 is 0 Å². The lowest BCUT2D eigenvalue weighted by Gasteiger charge is -2.42. The third kappa shape index (κ3) is 42.3. The van der Waals surface area contributed by atoms with Crippen LogP contribution in [0.3, 0.4) is 0 Å². The van der Waals surface area contributed by atoms with Crippen LogP contribution in [0.1, 0.15) is 201 Å². The molecule has 2 heterocycles. The van der Waals surface area contributed by atoms with E-state index in [0.717, 1.165) is 44.9 Å². The Morgan fingerprint density at radius 1 is 0.373 bits per heavy atom. The molecule has 118 heavy (non-hydrogen) atoms. The third-order valence-corrected chi connectivity index (χ3v) is 21.1. The van der Waals surface area contributed by atoms with Gasteiger partial charge in [-0.1, -0.05) is 38.5 Å². The second kappa shape index (κ2) is 60.1. The van der Waals surface area contributed by atoms with Gasteiger partial charge in [-0.05, 0) is 89.9 Å². The van der Waals surface area contributed by atoms with Gasteiger partial charge in [-0.2, -0.15) is 0 Å². The van der Waals surface area contributed by atoms with Crippen molar-refractivity contribution < 1.29 is 137 Å². The van der Waals surface area contributed by atoms with Gasteiger partial charge >= 0.3 is 0 Å². The summed E-state index contributed by atoms with van der Waals surface area (Å²) in [5.41, 5.74) is -1.41. The average Bonchev–Trinajstić information content (AvgIpc) is 0.845. The zero-order chi connectivity index (χ0) is 86.6. The van der Waals surface area contributed by atoms with Gasteiger partial charge in [-0.3, -0.25) is 52.7 Å². The molecule has 11 amide bonds. The molecule has 20 N–H and O–H groups in total. The Morgan fingerprint density at radius 2 is 0.712 bits per heavy atom. The van der Waals surface area contributed by atoms with Gasteiger partial charge < -0.3 is 142 Å². The summed E-state index contributed by atoms with van der Waals surface area (Å²) in [4.78, 5) is 141. The van der Waals surface area contributed by atoms with Gasteiger partial charge in [0.25, 0.3) is 0 Å². The molecule has 680 valence electrons. The molecule has 2 aliphatic heterocycles. The van der Waals surface area contributed by atoms with Crippen LogP contribution >= 0.6 is 0 Å². The predicted octanol–water partition coefficient (Wildman–Crippen LogP) is -3.86. The number of hydrogen-bond donors (Lipinski definition) is 20. The summed E-state index contributed by atoms with van der Waals surface area (Å²) in [7, 11) is 0. The van der Waals surface area contributed by atoms with Crippen molar-refractivity contribution >= 4 is 65.0 Å². The van der Waals surface area contributed by atoms with Crippen LogP contribution in [0.4, 0.5) is 0 Å². The first kappa shape index (κ1) is 104. The summed E-state index contributed by atoms with van der Waals surface area (Å²) in [6.07, 6.45) is 0.252. The molecule has 0 aromatic rings. The molecule has 39 nitrogen and oxygen atoms in total. The molecule has 0 radical (unpaired) electrons. The number of ether oxygens (including phenoxy) is 7. The third-order valence-electron chi connectivity index (χ3n) is 21.1. The smallest absolute Gasteiger partial charge is 0.222 e. The highest BCUT2D eigenvalue weighted by Gasteiger charge is 2.47. The number of aliphatic hydroxyl groups excluding tert-OH is 10. The van der Waals surface area contributed by atoms with Crippen LogP contribution in [0.5, 0.6) is 0 Å². The Labute approximate surface area is 692 Å². The molecule has 39 heteroatoms. The number of aliphatic hydroxyl groups is 10. The minimum atomic E-state index is -1.46. The van der Waals surface area contributed by atoms with E-state index in [9.17, 15) is 104 Å². The van der Waals surface area contributed by atoms with Crippen LogP contribution in [-0.4, -0.2) is 344 Å². The van der Waals surface area contributed by atoms with E-state index in [4.69, 9.17) is 33.2 Å². The van der Waals surface area contributed by atoms with Crippen molar-refractivity contribution in [1.29, 1.82) is 0 Å². The number of amides is 11. The summed E-state index contributed by atoms with van der Waals surface area (Å²) in [5, 5.41) is 129. The standard InChI is InChI=1S/C79H141N11O28/c1-52(94)86-69-58(43-55(46-91)72(106)75(69)109)115-37-15-12-21-61(98)80-30-18-33-83-64(101)27-40-112-49-79(89-67(104)24-10-8-6-4-5-7-9-11-25-68(105)90-36-26-57(97)45-90,50-113-41-28-65(102)84-34-19-31-81-62(99)22-13-16-38-116-59-44-56(47-92)73(107)76(110)70(59)87-53(2)95)51-114-42-29-66(103)85-35-20-32-82-63(100)23-14-17-39-117-78-71(88-54(3)96)77(111)74(108)60(48-93)118-78/h55-60,69-78,91-93,97,106-111H,4-51H2,1-3H3,(H,80,98)(H,81,99)(H,82,100)(H,83,101)(H,84,102)(H,85,103)(H,86,94)(H,87,95)(H,88,96)(H,89,104). The van der Waals surface area contributed by atoms with Crippen LogP contribution < -0.4 is 53.2 Å². The van der Waals surface area contributed by atoms with Gasteiger partial charge in [-0.25, -0.2) is 0 Å². The van der Waals surface area contributed by atoms with Crippen LogP contribution in [0.25, 0.3) is 0 Å². The summed E-state index contributed by atoms with van der Waals surface area (Å²) < 4.78 is 41.5. The van der Waals surface area contributed by atoms with Crippen molar-refractivity contribution in [1.82, 2.24) is 58.1 Å². The minimum absolute atomic E-state index is 0.0680. The molecule has 4 aliphatic rings. The maximum Gasteiger partial charge on any atom is 0.222 e. The molecular formula is C79H141N11O28. The number of nitrogens with zero attached hydrogens (tertiary/aromatic N) is 1. The van der Waals surface area contributed by atoms with Gasteiger partial charge in [0.05, 0.1) is 88.9 Å². The molecular weight excluding hydrogens is 1550 g/mol. The summed E-state index contributed by atoms with van der Waals surface area (Å²) in [5.74, 6) is -4.64. The second-order valence-corrected chi connectivity index (χ2v) is 31.3. The Balaban J connectivity index is 1.29. The van der Waals surface area contributed by atoms with E-state index in [-0.39, 0.29) is 217 Å². The lowest BCUT2D eigenvalue weighted by Crippen LogP contribution is -2.64. The van der Waals surface area contributed by atoms with Gasteiger partial charge in [0, 0.05) is 169 Å².